The zero-order valence-electron chi connectivity index (χ0n) is 16.5. The lowest BCUT2D eigenvalue weighted by atomic mass is 9.96. The van der Waals surface area contributed by atoms with Crippen LogP contribution in [0.15, 0.2) is 59.1 Å². The van der Waals surface area contributed by atoms with Crippen molar-refractivity contribution >= 4 is 17.5 Å². The molecule has 1 saturated heterocycles. The average Bonchev–Trinajstić information content (AvgIpc) is 3.22. The van der Waals surface area contributed by atoms with Gasteiger partial charge in [-0.05, 0) is 55.8 Å². The van der Waals surface area contributed by atoms with E-state index in [9.17, 15) is 9.18 Å². The van der Waals surface area contributed by atoms with E-state index in [1.54, 1.807) is 18.3 Å². The van der Waals surface area contributed by atoms with Gasteiger partial charge in [-0.15, -0.1) is 0 Å². The predicted molar refractivity (Wildman–Crippen MR) is 113 cm³/mol. The molecule has 2 heterocycles. The molecular weight excluding hydrogens is 405 g/mol. The molecule has 1 aliphatic heterocycles. The van der Waals surface area contributed by atoms with Crippen LogP contribution in [0.5, 0.6) is 0 Å². The number of hydrogen-bond donors (Lipinski definition) is 1. The van der Waals surface area contributed by atoms with Crippen molar-refractivity contribution in [1.82, 2.24) is 15.2 Å². The van der Waals surface area contributed by atoms with Gasteiger partial charge in [-0.2, -0.15) is 0 Å². The fraction of sp³-hybridized carbons (Fsp3) is 0.304. The molecule has 0 aliphatic carbocycles. The van der Waals surface area contributed by atoms with Gasteiger partial charge in [0.2, 0.25) is 11.8 Å². The summed E-state index contributed by atoms with van der Waals surface area (Å²) < 4.78 is 18.8. The van der Waals surface area contributed by atoms with Crippen LogP contribution in [0.4, 0.5) is 4.39 Å². The molecule has 0 bridgehead atoms. The molecule has 5 nitrogen and oxygen atoms in total. The Balaban J connectivity index is 1.24. The monoisotopic (exact) mass is 427 g/mol. The first-order valence-corrected chi connectivity index (χ1v) is 10.4. The largest absolute Gasteiger partial charge is 0.439 e. The molecular formula is C23H23ClFN3O2. The molecule has 1 N–H and O–H groups in total. The Morgan fingerprint density at radius 3 is 2.70 bits per heavy atom. The number of carbonyl (C=O) groups is 1. The zero-order chi connectivity index (χ0) is 20.9. The van der Waals surface area contributed by atoms with E-state index in [0.717, 1.165) is 37.1 Å². The summed E-state index contributed by atoms with van der Waals surface area (Å²) in [5, 5.41) is 3.61. The zero-order valence-corrected chi connectivity index (χ0v) is 17.2. The predicted octanol–water partition coefficient (Wildman–Crippen LogP) is 4.66. The summed E-state index contributed by atoms with van der Waals surface area (Å²) in [7, 11) is 0. The Labute approximate surface area is 179 Å². The SMILES string of the molecule is O=C(NCc1ccc(F)cc1)C1CCN(Cc2ncc(-c3cccc(Cl)c3)o2)CC1. The third-order valence-corrected chi connectivity index (χ3v) is 5.60. The number of amides is 1. The van der Waals surface area contributed by atoms with Gasteiger partial charge in [-0.25, -0.2) is 9.37 Å². The highest BCUT2D eigenvalue weighted by atomic mass is 35.5. The fourth-order valence-electron chi connectivity index (χ4n) is 3.64. The van der Waals surface area contributed by atoms with Crippen molar-refractivity contribution in [3.63, 3.8) is 0 Å². The summed E-state index contributed by atoms with van der Waals surface area (Å²) in [5.41, 5.74) is 1.79. The molecule has 0 radical (unpaired) electrons. The number of aromatic nitrogens is 1. The fourth-order valence-corrected chi connectivity index (χ4v) is 3.83. The van der Waals surface area contributed by atoms with Gasteiger partial charge in [0.25, 0.3) is 0 Å². The van der Waals surface area contributed by atoms with Crippen molar-refractivity contribution in [3.8, 4) is 11.3 Å². The molecule has 4 rings (SSSR count). The van der Waals surface area contributed by atoms with Crippen LogP contribution < -0.4 is 5.32 Å². The minimum atomic E-state index is -0.275. The summed E-state index contributed by atoms with van der Waals surface area (Å²) in [6, 6.07) is 13.7. The van der Waals surface area contributed by atoms with Gasteiger partial charge >= 0.3 is 0 Å². The van der Waals surface area contributed by atoms with Gasteiger partial charge in [-0.1, -0.05) is 35.9 Å². The number of nitrogens with one attached hydrogen (secondary N) is 1. The van der Waals surface area contributed by atoms with E-state index in [-0.39, 0.29) is 17.6 Å². The average molecular weight is 428 g/mol. The topological polar surface area (TPSA) is 58.4 Å². The van der Waals surface area contributed by atoms with E-state index in [0.29, 0.717) is 29.8 Å². The minimum Gasteiger partial charge on any atom is -0.439 e. The van der Waals surface area contributed by atoms with Crippen LogP contribution in [0.25, 0.3) is 11.3 Å². The number of oxazole rings is 1. The molecule has 156 valence electrons. The number of rotatable bonds is 6. The Morgan fingerprint density at radius 1 is 1.20 bits per heavy atom. The van der Waals surface area contributed by atoms with Crippen molar-refractivity contribution < 1.29 is 13.6 Å². The first-order valence-electron chi connectivity index (χ1n) is 10.0. The van der Waals surface area contributed by atoms with E-state index >= 15 is 0 Å². The Kier molecular flexibility index (Phi) is 6.45. The molecule has 3 aromatic rings. The Morgan fingerprint density at radius 2 is 1.97 bits per heavy atom. The summed E-state index contributed by atoms with van der Waals surface area (Å²) in [6.45, 7) is 2.65. The molecule has 1 fully saturated rings. The highest BCUT2D eigenvalue weighted by molar-refractivity contribution is 6.30. The van der Waals surface area contributed by atoms with Gasteiger partial charge in [0.15, 0.2) is 5.76 Å². The number of halogens is 2. The molecule has 0 unspecified atom stereocenters. The lowest BCUT2D eigenvalue weighted by molar-refractivity contribution is -0.126. The first-order chi connectivity index (χ1) is 14.6. The second-order valence-corrected chi connectivity index (χ2v) is 7.96. The van der Waals surface area contributed by atoms with E-state index < -0.39 is 0 Å². The minimum absolute atomic E-state index is 0.00622. The molecule has 0 atom stereocenters. The van der Waals surface area contributed by atoms with Gasteiger partial charge in [0, 0.05) is 23.0 Å². The highest BCUT2D eigenvalue weighted by Crippen LogP contribution is 2.25. The van der Waals surface area contributed by atoms with Crippen molar-refractivity contribution in [2.45, 2.75) is 25.9 Å². The van der Waals surface area contributed by atoms with Gasteiger partial charge < -0.3 is 9.73 Å². The van der Waals surface area contributed by atoms with Crippen molar-refractivity contribution in [2.24, 2.45) is 5.92 Å². The van der Waals surface area contributed by atoms with Crippen molar-refractivity contribution in [2.75, 3.05) is 13.1 Å². The molecule has 0 saturated carbocycles. The van der Waals surface area contributed by atoms with Crippen LogP contribution in [0, 0.1) is 11.7 Å². The number of nitrogens with zero attached hydrogens (tertiary/aromatic N) is 2. The molecule has 30 heavy (non-hydrogen) atoms. The number of piperidine rings is 1. The summed E-state index contributed by atoms with van der Waals surface area (Å²) >= 11 is 6.04. The summed E-state index contributed by atoms with van der Waals surface area (Å²) in [5.74, 6) is 1.13. The van der Waals surface area contributed by atoms with Crippen LogP contribution in [-0.4, -0.2) is 28.9 Å². The number of benzene rings is 2. The molecule has 1 aromatic heterocycles. The lowest BCUT2D eigenvalue weighted by Crippen LogP contribution is -2.40. The molecule has 0 spiro atoms. The maximum Gasteiger partial charge on any atom is 0.223 e. The quantitative estimate of drug-likeness (QED) is 0.621. The Hall–Kier alpha value is -2.70. The van der Waals surface area contributed by atoms with E-state index in [2.05, 4.69) is 15.2 Å². The van der Waals surface area contributed by atoms with Crippen molar-refractivity contribution in [1.29, 1.82) is 0 Å². The van der Waals surface area contributed by atoms with Gasteiger partial charge in [0.1, 0.15) is 5.82 Å². The number of hydrogen-bond acceptors (Lipinski definition) is 4. The van der Waals surface area contributed by atoms with Crippen molar-refractivity contribution in [3.05, 3.63) is 77.0 Å². The van der Waals surface area contributed by atoms with Crippen LogP contribution in [0.1, 0.15) is 24.3 Å². The third-order valence-electron chi connectivity index (χ3n) is 5.36. The number of carbonyl (C=O) groups excluding carboxylic acids is 1. The summed E-state index contributed by atoms with van der Waals surface area (Å²) in [4.78, 5) is 19.1. The van der Waals surface area contributed by atoms with Crippen LogP contribution in [-0.2, 0) is 17.9 Å². The van der Waals surface area contributed by atoms with E-state index in [4.69, 9.17) is 16.0 Å². The normalized spacial score (nSPS) is 15.3. The second kappa shape index (κ2) is 9.41. The number of likely N-dealkylation sites (tertiary alicyclic amines) is 1. The maximum atomic E-state index is 13.0. The van der Waals surface area contributed by atoms with E-state index in [1.165, 1.54) is 12.1 Å². The Bertz CT molecular complexity index is 998. The lowest BCUT2D eigenvalue weighted by Gasteiger charge is -2.30. The van der Waals surface area contributed by atoms with E-state index in [1.807, 2.05) is 24.3 Å². The molecule has 7 heteroatoms. The first kappa shape index (κ1) is 20.6. The maximum absolute atomic E-state index is 13.0. The van der Waals surface area contributed by atoms with Crippen LogP contribution in [0.3, 0.4) is 0 Å². The molecule has 1 amide bonds. The standard InChI is InChI=1S/C23H23ClFN3O2/c24-19-3-1-2-18(12-19)21-14-26-22(30-21)15-28-10-8-17(9-11-28)23(29)27-13-16-4-6-20(25)7-5-16/h1-7,12,14,17H,8-11,13,15H2,(H,27,29). The van der Waals surface area contributed by atoms with Gasteiger partial charge in [-0.3, -0.25) is 9.69 Å². The van der Waals surface area contributed by atoms with Gasteiger partial charge in [0.05, 0.1) is 12.7 Å². The van der Waals surface area contributed by atoms with Crippen LogP contribution in [0.2, 0.25) is 5.02 Å². The highest BCUT2D eigenvalue weighted by Gasteiger charge is 2.25. The molecule has 1 aliphatic rings. The molecule has 2 aromatic carbocycles. The van der Waals surface area contributed by atoms with Crippen LogP contribution >= 0.6 is 11.6 Å². The smallest absolute Gasteiger partial charge is 0.223 e. The summed E-state index contributed by atoms with van der Waals surface area (Å²) in [6.07, 6.45) is 3.30. The second-order valence-electron chi connectivity index (χ2n) is 7.52. The third kappa shape index (κ3) is 5.26.